The normalized spacial score (nSPS) is 11.0. The van der Waals surface area contributed by atoms with E-state index in [9.17, 15) is 0 Å². The maximum atomic E-state index is 6.24. The summed E-state index contributed by atoms with van der Waals surface area (Å²) in [6.07, 6.45) is 1.61. The summed E-state index contributed by atoms with van der Waals surface area (Å²) in [5.74, 6) is 1.67. The van der Waals surface area contributed by atoms with Gasteiger partial charge in [0.1, 0.15) is 17.8 Å². The number of fused-ring (bicyclic) bond motifs is 3. The van der Waals surface area contributed by atoms with E-state index >= 15 is 0 Å². The highest BCUT2D eigenvalue weighted by Gasteiger charge is 2.14. The Morgan fingerprint density at radius 3 is 2.68 bits per heavy atom. The van der Waals surface area contributed by atoms with Crippen molar-refractivity contribution in [3.05, 3.63) is 47.7 Å². The quantitative estimate of drug-likeness (QED) is 0.601. The third kappa shape index (κ3) is 2.58. The van der Waals surface area contributed by atoms with Crippen LogP contribution >= 0.6 is 11.6 Å². The number of nitrogens with zero attached hydrogens (tertiary/aromatic N) is 4. The molecule has 8 heteroatoms. The van der Waals surface area contributed by atoms with Gasteiger partial charge in [0.15, 0.2) is 5.65 Å². The van der Waals surface area contributed by atoms with E-state index in [0.29, 0.717) is 33.8 Å². The molecule has 0 bridgehead atoms. The number of methoxy groups -OCH3 is 2. The number of nitrogens with one attached hydrogen (secondary N) is 1. The minimum atomic E-state index is 0.464. The Kier molecular flexibility index (Phi) is 3.77. The summed E-state index contributed by atoms with van der Waals surface area (Å²) in [5.41, 5.74) is 2.18. The van der Waals surface area contributed by atoms with Gasteiger partial charge in [-0.1, -0.05) is 23.7 Å². The van der Waals surface area contributed by atoms with Crippen molar-refractivity contribution in [1.82, 2.24) is 19.6 Å². The first kappa shape index (κ1) is 15.5. The van der Waals surface area contributed by atoms with Crippen molar-refractivity contribution in [1.29, 1.82) is 0 Å². The number of anilines is 2. The van der Waals surface area contributed by atoms with Crippen LogP contribution in [0.3, 0.4) is 0 Å². The molecular weight excluding hydrogens is 342 g/mol. The molecule has 25 heavy (non-hydrogen) atoms. The zero-order chi connectivity index (χ0) is 17.4. The van der Waals surface area contributed by atoms with Crippen LogP contribution in [-0.4, -0.2) is 33.8 Å². The molecule has 0 spiro atoms. The van der Waals surface area contributed by atoms with E-state index in [4.69, 9.17) is 21.1 Å². The van der Waals surface area contributed by atoms with Crippen molar-refractivity contribution in [2.24, 2.45) is 0 Å². The molecule has 4 rings (SSSR count). The van der Waals surface area contributed by atoms with Crippen LogP contribution in [0.5, 0.6) is 11.5 Å². The second-order valence-electron chi connectivity index (χ2n) is 5.29. The average Bonchev–Trinajstić information content (AvgIpc) is 3.12. The second-order valence-corrected chi connectivity index (χ2v) is 5.70. The van der Waals surface area contributed by atoms with Gasteiger partial charge in [-0.3, -0.25) is 4.40 Å². The maximum absolute atomic E-state index is 6.24. The molecule has 0 aliphatic rings. The Morgan fingerprint density at radius 1 is 1.08 bits per heavy atom. The van der Waals surface area contributed by atoms with Crippen LogP contribution in [0.25, 0.3) is 16.6 Å². The topological polar surface area (TPSA) is 73.6 Å². The van der Waals surface area contributed by atoms with Crippen molar-refractivity contribution in [2.45, 2.75) is 0 Å². The predicted molar refractivity (Wildman–Crippen MR) is 96.1 cm³/mol. The van der Waals surface area contributed by atoms with Crippen LogP contribution in [0.2, 0.25) is 5.02 Å². The lowest BCUT2D eigenvalue weighted by atomic mass is 10.2. The third-order valence-corrected chi connectivity index (χ3v) is 4.16. The van der Waals surface area contributed by atoms with E-state index in [1.165, 1.54) is 0 Å². The summed E-state index contributed by atoms with van der Waals surface area (Å²) < 4.78 is 12.4. The van der Waals surface area contributed by atoms with E-state index in [2.05, 4.69) is 20.5 Å². The fraction of sp³-hybridized carbons (Fsp3) is 0.118. The van der Waals surface area contributed by atoms with Crippen molar-refractivity contribution in [3.8, 4) is 11.5 Å². The van der Waals surface area contributed by atoms with Gasteiger partial charge in [-0.25, -0.2) is 4.98 Å². The van der Waals surface area contributed by atoms with E-state index in [-0.39, 0.29) is 0 Å². The van der Waals surface area contributed by atoms with Crippen LogP contribution in [0.15, 0.2) is 42.7 Å². The number of rotatable bonds is 4. The highest BCUT2D eigenvalue weighted by Crippen LogP contribution is 2.37. The summed E-state index contributed by atoms with van der Waals surface area (Å²) in [6, 6.07) is 11.2. The largest absolute Gasteiger partial charge is 0.495 e. The highest BCUT2D eigenvalue weighted by atomic mass is 35.5. The van der Waals surface area contributed by atoms with Crippen LogP contribution in [0.4, 0.5) is 11.6 Å². The first-order chi connectivity index (χ1) is 12.2. The molecule has 2 heterocycles. The molecule has 2 aromatic heterocycles. The van der Waals surface area contributed by atoms with Crippen LogP contribution < -0.4 is 14.8 Å². The Hall–Kier alpha value is -3.06. The number of hydrogen-bond acceptors (Lipinski definition) is 6. The SMILES string of the molecule is COc1cc(OC)c(Nc2nc3ccccc3c3nncn23)cc1Cl. The summed E-state index contributed by atoms with van der Waals surface area (Å²) >= 11 is 6.24. The Labute approximate surface area is 148 Å². The van der Waals surface area contributed by atoms with Crippen molar-refractivity contribution >= 4 is 39.8 Å². The van der Waals surface area contributed by atoms with E-state index < -0.39 is 0 Å². The molecule has 0 saturated heterocycles. The Morgan fingerprint density at radius 2 is 1.88 bits per heavy atom. The predicted octanol–water partition coefficient (Wildman–Crippen LogP) is 3.69. The molecule has 126 valence electrons. The first-order valence-corrected chi connectivity index (χ1v) is 7.86. The molecule has 0 amide bonds. The molecule has 7 nitrogen and oxygen atoms in total. The van der Waals surface area contributed by atoms with Crippen LogP contribution in [0.1, 0.15) is 0 Å². The first-order valence-electron chi connectivity index (χ1n) is 7.48. The molecule has 0 aliphatic carbocycles. The standard InChI is InChI=1S/C17H14ClN5O2/c1-24-14-8-15(25-2)13(7-11(14)18)21-17-20-12-6-4-3-5-10(12)16-22-19-9-23(16)17/h3-9H,1-2H3,(H,20,21). The lowest BCUT2D eigenvalue weighted by molar-refractivity contribution is 0.396. The highest BCUT2D eigenvalue weighted by molar-refractivity contribution is 6.32. The van der Waals surface area contributed by atoms with Gasteiger partial charge in [-0.2, -0.15) is 0 Å². The second kappa shape index (κ2) is 6.10. The smallest absolute Gasteiger partial charge is 0.215 e. The summed E-state index contributed by atoms with van der Waals surface area (Å²) in [4.78, 5) is 4.66. The molecule has 0 atom stereocenters. The van der Waals surface area contributed by atoms with Gasteiger partial charge in [-0.15, -0.1) is 10.2 Å². The zero-order valence-corrected chi connectivity index (χ0v) is 14.3. The minimum Gasteiger partial charge on any atom is -0.495 e. The number of halogens is 1. The van der Waals surface area contributed by atoms with Gasteiger partial charge in [-0.05, 0) is 18.2 Å². The third-order valence-electron chi connectivity index (χ3n) is 3.87. The van der Waals surface area contributed by atoms with Gasteiger partial charge in [0, 0.05) is 11.5 Å². The fourth-order valence-corrected chi connectivity index (χ4v) is 2.91. The monoisotopic (exact) mass is 355 g/mol. The minimum absolute atomic E-state index is 0.464. The molecule has 0 saturated carbocycles. The lowest BCUT2D eigenvalue weighted by Crippen LogP contribution is -2.03. The van der Waals surface area contributed by atoms with Gasteiger partial charge in [0.25, 0.3) is 0 Å². The maximum Gasteiger partial charge on any atom is 0.215 e. The number of hydrogen-bond donors (Lipinski definition) is 1. The summed E-state index contributed by atoms with van der Waals surface area (Å²) in [7, 11) is 3.13. The molecule has 0 fully saturated rings. The van der Waals surface area contributed by atoms with Crippen molar-refractivity contribution < 1.29 is 9.47 Å². The van der Waals surface area contributed by atoms with Gasteiger partial charge in [0.05, 0.1) is 30.4 Å². The number of ether oxygens (including phenoxy) is 2. The van der Waals surface area contributed by atoms with E-state index in [1.807, 2.05) is 24.3 Å². The molecule has 0 unspecified atom stereocenters. The van der Waals surface area contributed by atoms with E-state index in [0.717, 1.165) is 10.9 Å². The van der Waals surface area contributed by atoms with Crippen molar-refractivity contribution in [3.63, 3.8) is 0 Å². The molecule has 0 aliphatic heterocycles. The molecule has 1 N–H and O–H groups in total. The number of benzene rings is 2. The molecule has 0 radical (unpaired) electrons. The number of aromatic nitrogens is 4. The average molecular weight is 356 g/mol. The molecule has 4 aromatic rings. The van der Waals surface area contributed by atoms with Gasteiger partial charge >= 0.3 is 0 Å². The molecular formula is C17H14ClN5O2. The Balaban J connectivity index is 1.88. The van der Waals surface area contributed by atoms with Gasteiger partial charge in [0.2, 0.25) is 5.95 Å². The zero-order valence-electron chi connectivity index (χ0n) is 13.5. The van der Waals surface area contributed by atoms with Gasteiger partial charge < -0.3 is 14.8 Å². The Bertz CT molecular complexity index is 1080. The van der Waals surface area contributed by atoms with E-state index in [1.54, 1.807) is 37.1 Å². The number of para-hydroxylation sites is 1. The van der Waals surface area contributed by atoms with Crippen molar-refractivity contribution in [2.75, 3.05) is 19.5 Å². The summed E-state index contributed by atoms with van der Waals surface area (Å²) in [5, 5.41) is 12.8. The summed E-state index contributed by atoms with van der Waals surface area (Å²) in [6.45, 7) is 0. The fourth-order valence-electron chi connectivity index (χ4n) is 2.67. The molecule has 2 aromatic carbocycles. The van der Waals surface area contributed by atoms with Crippen LogP contribution in [-0.2, 0) is 0 Å². The lowest BCUT2D eigenvalue weighted by Gasteiger charge is -2.14. The van der Waals surface area contributed by atoms with Crippen LogP contribution in [0, 0.1) is 0 Å².